The van der Waals surface area contributed by atoms with Crippen molar-refractivity contribution in [2.45, 2.75) is 26.0 Å². The maximum absolute atomic E-state index is 5.73. The van der Waals surface area contributed by atoms with Gasteiger partial charge in [-0.25, -0.2) is 9.97 Å². The van der Waals surface area contributed by atoms with Gasteiger partial charge in [0.2, 0.25) is 0 Å². The Morgan fingerprint density at radius 1 is 1.56 bits per heavy atom. The van der Waals surface area contributed by atoms with Crippen LogP contribution < -0.4 is 5.32 Å². The number of aryl methyl sites for hydroxylation is 1. The number of likely N-dealkylation sites (N-methyl/N-ethyl adjacent to an activating group) is 1. The van der Waals surface area contributed by atoms with E-state index in [1.807, 2.05) is 20.2 Å². The van der Waals surface area contributed by atoms with Crippen LogP contribution in [0.2, 0.25) is 0 Å². The summed E-state index contributed by atoms with van der Waals surface area (Å²) >= 11 is 0. The molecular weight excluding hydrogens is 228 g/mol. The molecule has 1 saturated heterocycles. The first kappa shape index (κ1) is 13.4. The second-order valence-electron chi connectivity index (χ2n) is 4.90. The number of morpholine rings is 1. The summed E-state index contributed by atoms with van der Waals surface area (Å²) in [4.78, 5) is 11.3. The molecule has 5 heteroatoms. The monoisotopic (exact) mass is 250 g/mol. The normalized spacial score (nSPS) is 23.0. The van der Waals surface area contributed by atoms with Gasteiger partial charge in [-0.05, 0) is 27.9 Å². The largest absolute Gasteiger partial charge is 0.368 e. The van der Waals surface area contributed by atoms with Crippen LogP contribution in [0.4, 0.5) is 0 Å². The molecule has 1 aromatic rings. The highest BCUT2D eigenvalue weighted by molar-refractivity contribution is 5.20. The number of nitrogens with one attached hydrogen (secondary N) is 1. The number of hydrogen-bond acceptors (Lipinski definition) is 5. The van der Waals surface area contributed by atoms with E-state index < -0.39 is 0 Å². The van der Waals surface area contributed by atoms with Crippen molar-refractivity contribution in [2.75, 3.05) is 33.8 Å². The molecule has 0 aliphatic carbocycles. The molecule has 1 aliphatic heterocycles. The predicted molar refractivity (Wildman–Crippen MR) is 70.4 cm³/mol. The zero-order valence-electron chi connectivity index (χ0n) is 11.6. The first-order chi connectivity index (χ1) is 8.61. The van der Waals surface area contributed by atoms with E-state index in [-0.39, 0.29) is 12.1 Å². The van der Waals surface area contributed by atoms with Crippen molar-refractivity contribution in [3.8, 4) is 0 Å². The maximum Gasteiger partial charge on any atom is 0.158 e. The zero-order valence-corrected chi connectivity index (χ0v) is 11.6. The average Bonchev–Trinajstić information content (AvgIpc) is 2.37. The minimum atomic E-state index is 0.00129. The van der Waals surface area contributed by atoms with E-state index in [1.54, 1.807) is 0 Å². The minimum absolute atomic E-state index is 0.00129. The molecule has 0 amide bonds. The molecule has 0 bridgehead atoms. The SMILES string of the molecule is CNC(C)c1cnc(C2CN(C)CCO2)nc1C. The molecular formula is C13H22N4O. The molecule has 1 fully saturated rings. The van der Waals surface area contributed by atoms with E-state index >= 15 is 0 Å². The Morgan fingerprint density at radius 3 is 2.94 bits per heavy atom. The van der Waals surface area contributed by atoms with E-state index in [1.165, 1.54) is 0 Å². The first-order valence-corrected chi connectivity index (χ1v) is 6.42. The molecule has 2 heterocycles. The second-order valence-corrected chi connectivity index (χ2v) is 4.90. The van der Waals surface area contributed by atoms with Crippen molar-refractivity contribution in [1.82, 2.24) is 20.2 Å². The van der Waals surface area contributed by atoms with Gasteiger partial charge < -0.3 is 15.0 Å². The van der Waals surface area contributed by atoms with Crippen LogP contribution in [-0.2, 0) is 4.74 Å². The van der Waals surface area contributed by atoms with Crippen molar-refractivity contribution >= 4 is 0 Å². The number of ether oxygens (including phenoxy) is 1. The molecule has 0 aromatic carbocycles. The lowest BCUT2D eigenvalue weighted by Gasteiger charge is -2.29. The van der Waals surface area contributed by atoms with Crippen LogP contribution in [0.15, 0.2) is 6.20 Å². The van der Waals surface area contributed by atoms with Crippen LogP contribution in [0.25, 0.3) is 0 Å². The molecule has 1 N–H and O–H groups in total. The second kappa shape index (κ2) is 5.73. The van der Waals surface area contributed by atoms with Crippen molar-refractivity contribution in [3.05, 3.63) is 23.3 Å². The summed E-state index contributed by atoms with van der Waals surface area (Å²) in [6.45, 7) is 6.72. The van der Waals surface area contributed by atoms with Gasteiger partial charge in [0.05, 0.1) is 6.61 Å². The van der Waals surface area contributed by atoms with Gasteiger partial charge in [0.25, 0.3) is 0 Å². The van der Waals surface area contributed by atoms with Crippen LogP contribution >= 0.6 is 0 Å². The van der Waals surface area contributed by atoms with Gasteiger partial charge in [-0.1, -0.05) is 0 Å². The van der Waals surface area contributed by atoms with E-state index in [9.17, 15) is 0 Å². The topological polar surface area (TPSA) is 50.3 Å². The summed E-state index contributed by atoms with van der Waals surface area (Å²) in [7, 11) is 4.04. The van der Waals surface area contributed by atoms with Crippen LogP contribution in [0.1, 0.15) is 36.2 Å². The van der Waals surface area contributed by atoms with Gasteiger partial charge in [0, 0.05) is 36.6 Å². The highest BCUT2D eigenvalue weighted by Gasteiger charge is 2.22. The molecule has 5 nitrogen and oxygen atoms in total. The van der Waals surface area contributed by atoms with Gasteiger partial charge in [-0.15, -0.1) is 0 Å². The molecule has 2 rings (SSSR count). The number of rotatable bonds is 3. The molecule has 0 spiro atoms. The quantitative estimate of drug-likeness (QED) is 0.869. The van der Waals surface area contributed by atoms with Gasteiger partial charge in [-0.3, -0.25) is 0 Å². The van der Waals surface area contributed by atoms with Crippen LogP contribution in [-0.4, -0.2) is 48.7 Å². The molecule has 18 heavy (non-hydrogen) atoms. The van der Waals surface area contributed by atoms with Crippen molar-refractivity contribution in [3.63, 3.8) is 0 Å². The summed E-state index contributed by atoms with van der Waals surface area (Å²) in [5, 5.41) is 3.21. The molecule has 0 radical (unpaired) electrons. The molecule has 2 unspecified atom stereocenters. The zero-order chi connectivity index (χ0) is 13.1. The summed E-state index contributed by atoms with van der Waals surface area (Å²) in [5.41, 5.74) is 2.17. The van der Waals surface area contributed by atoms with Crippen molar-refractivity contribution in [1.29, 1.82) is 0 Å². The lowest BCUT2D eigenvalue weighted by Crippen LogP contribution is -2.36. The third-order valence-electron chi connectivity index (χ3n) is 3.49. The predicted octanol–water partition coefficient (Wildman–Crippen LogP) is 1.07. The van der Waals surface area contributed by atoms with Gasteiger partial charge in [-0.2, -0.15) is 0 Å². The molecule has 1 aliphatic rings. The number of nitrogens with zero attached hydrogens (tertiary/aromatic N) is 3. The molecule has 0 saturated carbocycles. The van der Waals surface area contributed by atoms with Gasteiger partial charge in [0.15, 0.2) is 5.82 Å². The summed E-state index contributed by atoms with van der Waals surface area (Å²) < 4.78 is 5.73. The Bertz CT molecular complexity index is 410. The highest BCUT2D eigenvalue weighted by atomic mass is 16.5. The van der Waals surface area contributed by atoms with Crippen LogP contribution in [0, 0.1) is 6.92 Å². The average molecular weight is 250 g/mol. The summed E-state index contributed by atoms with van der Waals surface area (Å²) in [5.74, 6) is 0.797. The van der Waals surface area contributed by atoms with E-state index in [0.29, 0.717) is 0 Å². The maximum atomic E-state index is 5.73. The van der Waals surface area contributed by atoms with Gasteiger partial charge >= 0.3 is 0 Å². The first-order valence-electron chi connectivity index (χ1n) is 6.42. The Balaban J connectivity index is 2.17. The van der Waals surface area contributed by atoms with E-state index in [4.69, 9.17) is 4.74 Å². The molecule has 1 aromatic heterocycles. The Morgan fingerprint density at radius 2 is 2.33 bits per heavy atom. The Labute approximate surface area is 109 Å². The van der Waals surface area contributed by atoms with E-state index in [2.05, 4.69) is 34.2 Å². The van der Waals surface area contributed by atoms with Crippen molar-refractivity contribution < 1.29 is 4.74 Å². The van der Waals surface area contributed by atoms with Crippen LogP contribution in [0.5, 0.6) is 0 Å². The van der Waals surface area contributed by atoms with Crippen LogP contribution in [0.3, 0.4) is 0 Å². The Kier molecular flexibility index (Phi) is 4.27. The lowest BCUT2D eigenvalue weighted by molar-refractivity contribution is -0.0256. The number of aromatic nitrogens is 2. The number of hydrogen-bond donors (Lipinski definition) is 1. The lowest BCUT2D eigenvalue weighted by atomic mass is 10.1. The highest BCUT2D eigenvalue weighted by Crippen LogP contribution is 2.21. The fourth-order valence-corrected chi connectivity index (χ4v) is 2.16. The van der Waals surface area contributed by atoms with Gasteiger partial charge in [0.1, 0.15) is 6.10 Å². The summed E-state index contributed by atoms with van der Waals surface area (Å²) in [6, 6.07) is 0.272. The molecule has 2 atom stereocenters. The Hall–Kier alpha value is -1.04. The third kappa shape index (κ3) is 2.85. The smallest absolute Gasteiger partial charge is 0.158 e. The minimum Gasteiger partial charge on any atom is -0.368 e. The summed E-state index contributed by atoms with van der Waals surface area (Å²) in [6.07, 6.45) is 1.91. The van der Waals surface area contributed by atoms with Crippen molar-refractivity contribution in [2.24, 2.45) is 0 Å². The fraction of sp³-hybridized carbons (Fsp3) is 0.692. The van der Waals surface area contributed by atoms with E-state index in [0.717, 1.165) is 36.8 Å². The molecule has 100 valence electrons. The fourth-order valence-electron chi connectivity index (χ4n) is 2.16. The third-order valence-corrected chi connectivity index (χ3v) is 3.49. The standard InChI is InChI=1S/C13H22N4O/c1-9(14-3)11-7-15-13(16-10(11)2)12-8-17(4)5-6-18-12/h7,9,12,14H,5-6,8H2,1-4H3.